The highest BCUT2D eigenvalue weighted by Crippen LogP contribution is 2.40. The average molecular weight is 129 g/mol. The van der Waals surface area contributed by atoms with Gasteiger partial charge >= 0.3 is 0 Å². The van der Waals surface area contributed by atoms with E-state index < -0.39 is 0 Å². The maximum Gasteiger partial charge on any atom is 0.107 e. The van der Waals surface area contributed by atoms with Gasteiger partial charge in [-0.25, -0.2) is 0 Å². The lowest BCUT2D eigenvalue weighted by atomic mass is 10.0. The molecule has 54 valence electrons. The summed E-state index contributed by atoms with van der Waals surface area (Å²) in [4.78, 5) is 0. The summed E-state index contributed by atoms with van der Waals surface area (Å²) < 4.78 is 5.43. The first-order valence-corrected chi connectivity index (χ1v) is 3.67. The Hall–Kier alpha value is -0.0800. The summed E-state index contributed by atoms with van der Waals surface area (Å²) in [6.07, 6.45) is 2.61. The van der Waals surface area contributed by atoms with Gasteiger partial charge in [0.15, 0.2) is 0 Å². The largest absolute Gasteiger partial charge is 0.365 e. The van der Waals surface area contributed by atoms with Crippen LogP contribution in [0.15, 0.2) is 0 Å². The van der Waals surface area contributed by atoms with Crippen LogP contribution in [0.4, 0.5) is 0 Å². The monoisotopic (exact) mass is 129 g/mol. The number of hydrogen-bond acceptors (Lipinski definition) is 2. The van der Waals surface area contributed by atoms with Gasteiger partial charge in [0.25, 0.3) is 0 Å². The van der Waals surface area contributed by atoms with Crippen LogP contribution in [0.2, 0.25) is 0 Å². The highest BCUT2D eigenvalue weighted by Gasteiger charge is 2.52. The summed E-state index contributed by atoms with van der Waals surface area (Å²) in [5.74, 6) is 0. The van der Waals surface area contributed by atoms with E-state index in [0.29, 0.717) is 12.6 Å². The van der Waals surface area contributed by atoms with Gasteiger partial charge in [0.1, 0.15) is 5.60 Å². The summed E-state index contributed by atoms with van der Waals surface area (Å²) in [6, 6.07) is 0. The van der Waals surface area contributed by atoms with Gasteiger partial charge in [0.2, 0.25) is 0 Å². The second-order valence-corrected chi connectivity index (χ2v) is 2.64. The fourth-order valence-electron chi connectivity index (χ4n) is 1.34. The Bertz CT molecular complexity index is 99.1. The van der Waals surface area contributed by atoms with Gasteiger partial charge in [-0.05, 0) is 12.8 Å². The molecule has 0 radical (unpaired) electrons. The van der Waals surface area contributed by atoms with Crippen LogP contribution in [0.1, 0.15) is 26.7 Å². The molecule has 0 aliphatic carbocycles. The quantitative estimate of drug-likeness (QED) is 0.575. The van der Waals surface area contributed by atoms with Crippen molar-refractivity contribution >= 4 is 0 Å². The number of hydrogen-bond donors (Lipinski definition) is 1. The lowest BCUT2D eigenvalue weighted by Crippen LogP contribution is -2.25. The molecular formula is C7H15NO. The molecule has 2 atom stereocenters. The third kappa shape index (κ3) is 0.970. The molecular weight excluding hydrogens is 114 g/mol. The van der Waals surface area contributed by atoms with Gasteiger partial charge in [-0.2, -0.15) is 0 Å². The molecule has 1 heterocycles. The highest BCUT2D eigenvalue weighted by molar-refractivity contribution is 5.01. The minimum atomic E-state index is 0.0781. The van der Waals surface area contributed by atoms with Gasteiger partial charge in [-0.3, -0.25) is 0 Å². The van der Waals surface area contributed by atoms with Crippen molar-refractivity contribution in [1.29, 1.82) is 0 Å². The van der Waals surface area contributed by atoms with Crippen molar-refractivity contribution in [3.63, 3.8) is 0 Å². The van der Waals surface area contributed by atoms with Gasteiger partial charge in [0, 0.05) is 6.54 Å². The van der Waals surface area contributed by atoms with Crippen LogP contribution < -0.4 is 5.73 Å². The van der Waals surface area contributed by atoms with E-state index in [-0.39, 0.29) is 5.60 Å². The summed E-state index contributed by atoms with van der Waals surface area (Å²) in [7, 11) is 0. The molecule has 1 saturated heterocycles. The lowest BCUT2D eigenvalue weighted by molar-refractivity contribution is 0.290. The van der Waals surface area contributed by atoms with Crippen LogP contribution in [0.3, 0.4) is 0 Å². The van der Waals surface area contributed by atoms with Crippen molar-refractivity contribution < 1.29 is 4.74 Å². The first kappa shape index (κ1) is 7.03. The first-order chi connectivity index (χ1) is 4.29. The van der Waals surface area contributed by atoms with Crippen molar-refractivity contribution in [3.05, 3.63) is 0 Å². The second-order valence-electron chi connectivity index (χ2n) is 2.64. The molecule has 1 aliphatic heterocycles. The normalized spacial score (nSPS) is 41.0. The van der Waals surface area contributed by atoms with Crippen molar-refractivity contribution in [2.45, 2.75) is 38.4 Å². The summed E-state index contributed by atoms with van der Waals surface area (Å²) in [5, 5.41) is 0. The van der Waals surface area contributed by atoms with E-state index >= 15 is 0 Å². The fraction of sp³-hybridized carbons (Fsp3) is 1.00. The second kappa shape index (κ2) is 2.27. The predicted molar refractivity (Wildman–Crippen MR) is 37.2 cm³/mol. The average Bonchev–Trinajstić information content (AvgIpc) is 2.63. The Morgan fingerprint density at radius 2 is 2.22 bits per heavy atom. The number of epoxide rings is 1. The van der Waals surface area contributed by atoms with Crippen LogP contribution in [0.25, 0.3) is 0 Å². The molecule has 1 aliphatic rings. The third-order valence-corrected chi connectivity index (χ3v) is 2.22. The van der Waals surface area contributed by atoms with Crippen LogP contribution in [0.5, 0.6) is 0 Å². The van der Waals surface area contributed by atoms with Crippen LogP contribution in [-0.4, -0.2) is 18.2 Å². The number of nitrogens with two attached hydrogens (primary N) is 1. The Kier molecular flexibility index (Phi) is 1.78. The molecule has 0 amide bonds. The van der Waals surface area contributed by atoms with Gasteiger partial charge in [0.05, 0.1) is 6.10 Å². The minimum absolute atomic E-state index is 0.0781. The molecule has 0 aromatic rings. The van der Waals surface area contributed by atoms with E-state index in [1.54, 1.807) is 0 Å². The van der Waals surface area contributed by atoms with Crippen molar-refractivity contribution in [2.24, 2.45) is 5.73 Å². The fourth-order valence-corrected chi connectivity index (χ4v) is 1.34. The molecule has 2 heteroatoms. The van der Waals surface area contributed by atoms with Crippen LogP contribution >= 0.6 is 0 Å². The van der Waals surface area contributed by atoms with Crippen molar-refractivity contribution in [3.8, 4) is 0 Å². The molecule has 2 nitrogen and oxygen atoms in total. The molecule has 0 saturated carbocycles. The summed E-state index contributed by atoms with van der Waals surface area (Å²) in [6.45, 7) is 4.95. The van der Waals surface area contributed by atoms with E-state index in [0.717, 1.165) is 12.8 Å². The molecule has 0 spiro atoms. The van der Waals surface area contributed by atoms with E-state index in [1.807, 2.05) is 0 Å². The first-order valence-electron chi connectivity index (χ1n) is 3.67. The molecule has 1 fully saturated rings. The SMILES string of the molecule is CCC1OC1(CC)CN. The summed E-state index contributed by atoms with van der Waals surface area (Å²) in [5.41, 5.74) is 5.60. The smallest absolute Gasteiger partial charge is 0.107 e. The zero-order chi connectivity index (χ0) is 6.91. The van der Waals surface area contributed by atoms with E-state index in [2.05, 4.69) is 13.8 Å². The molecule has 0 bridgehead atoms. The maximum absolute atomic E-state index is 5.52. The lowest BCUT2D eigenvalue weighted by Gasteiger charge is -2.03. The highest BCUT2D eigenvalue weighted by atomic mass is 16.6. The van der Waals surface area contributed by atoms with Gasteiger partial charge in [-0.1, -0.05) is 13.8 Å². The van der Waals surface area contributed by atoms with Crippen molar-refractivity contribution in [2.75, 3.05) is 6.54 Å². The standard InChI is InChI=1S/C7H15NO/c1-3-6-7(4-2,5-8)9-6/h6H,3-5,8H2,1-2H3. The molecule has 2 N–H and O–H groups in total. The Morgan fingerprint density at radius 3 is 2.33 bits per heavy atom. The van der Waals surface area contributed by atoms with Crippen LogP contribution in [0, 0.1) is 0 Å². The number of ether oxygens (including phenoxy) is 1. The Labute approximate surface area is 56.4 Å². The zero-order valence-electron chi connectivity index (χ0n) is 6.18. The minimum Gasteiger partial charge on any atom is -0.365 e. The number of rotatable bonds is 3. The van der Waals surface area contributed by atoms with E-state index in [1.165, 1.54) is 0 Å². The van der Waals surface area contributed by atoms with E-state index in [4.69, 9.17) is 10.5 Å². The Morgan fingerprint density at radius 1 is 1.56 bits per heavy atom. The molecule has 2 unspecified atom stereocenters. The predicted octanol–water partition coefficient (Wildman–Crippen LogP) is 0.903. The Balaban J connectivity index is 2.37. The van der Waals surface area contributed by atoms with Gasteiger partial charge in [-0.15, -0.1) is 0 Å². The molecule has 1 rings (SSSR count). The third-order valence-electron chi connectivity index (χ3n) is 2.22. The zero-order valence-corrected chi connectivity index (χ0v) is 6.18. The maximum atomic E-state index is 5.52. The topological polar surface area (TPSA) is 38.5 Å². The molecule has 0 aromatic heterocycles. The van der Waals surface area contributed by atoms with E-state index in [9.17, 15) is 0 Å². The molecule has 0 aromatic carbocycles. The molecule has 9 heavy (non-hydrogen) atoms. The van der Waals surface area contributed by atoms with Crippen LogP contribution in [-0.2, 0) is 4.74 Å². The van der Waals surface area contributed by atoms with Crippen molar-refractivity contribution in [1.82, 2.24) is 0 Å². The van der Waals surface area contributed by atoms with Gasteiger partial charge < -0.3 is 10.5 Å². The summed E-state index contributed by atoms with van der Waals surface area (Å²) >= 11 is 0.